The summed E-state index contributed by atoms with van der Waals surface area (Å²) in [5.74, 6) is 0. The van der Waals surface area contributed by atoms with Gasteiger partial charge in [0.1, 0.15) is 0 Å². The topological polar surface area (TPSA) is 41.1 Å². The summed E-state index contributed by atoms with van der Waals surface area (Å²) in [6.45, 7) is 1.86. The summed E-state index contributed by atoms with van der Waals surface area (Å²) >= 11 is 12.0. The summed E-state index contributed by atoms with van der Waals surface area (Å²) in [6, 6.07) is 3.59. The van der Waals surface area contributed by atoms with Gasteiger partial charge in [0.15, 0.2) is 0 Å². The highest BCUT2D eigenvalue weighted by Crippen LogP contribution is 2.32. The van der Waals surface area contributed by atoms with Crippen LogP contribution in [0.15, 0.2) is 12.1 Å². The lowest BCUT2D eigenvalue weighted by atomic mass is 10.2. The van der Waals surface area contributed by atoms with Crippen molar-refractivity contribution in [3.8, 4) is 0 Å². The van der Waals surface area contributed by atoms with Gasteiger partial charge in [0.2, 0.25) is 0 Å². The molecule has 2 amide bonds. The van der Waals surface area contributed by atoms with E-state index in [4.69, 9.17) is 23.2 Å². The van der Waals surface area contributed by atoms with Gasteiger partial charge in [0.05, 0.1) is 15.7 Å². The number of nitrogens with one attached hydrogen (secondary N) is 2. The van der Waals surface area contributed by atoms with Crippen molar-refractivity contribution in [2.24, 2.45) is 0 Å². The second-order valence-corrected chi connectivity index (χ2v) is 4.71. The van der Waals surface area contributed by atoms with Crippen molar-refractivity contribution >= 4 is 34.9 Å². The maximum absolute atomic E-state index is 11.5. The lowest BCUT2D eigenvalue weighted by molar-refractivity contribution is 0.251. The molecule has 0 spiro atoms. The van der Waals surface area contributed by atoms with E-state index >= 15 is 0 Å². The van der Waals surface area contributed by atoms with Crippen LogP contribution in [0.4, 0.5) is 10.5 Å². The van der Waals surface area contributed by atoms with E-state index in [0.717, 1.165) is 18.4 Å². The predicted octanol–water partition coefficient (Wildman–Crippen LogP) is 3.59. The fraction of sp³-hybridized carbons (Fsp3) is 0.364. The zero-order valence-electron chi connectivity index (χ0n) is 8.81. The Hall–Kier alpha value is -0.930. The number of hydrogen-bond donors (Lipinski definition) is 2. The van der Waals surface area contributed by atoms with Gasteiger partial charge in [-0.05, 0) is 31.4 Å². The minimum absolute atomic E-state index is 0.253. The van der Waals surface area contributed by atoms with Crippen LogP contribution < -0.4 is 10.6 Å². The molecule has 0 unspecified atom stereocenters. The summed E-state index contributed by atoms with van der Waals surface area (Å²) in [7, 11) is 0. The van der Waals surface area contributed by atoms with Crippen molar-refractivity contribution in [3.63, 3.8) is 0 Å². The van der Waals surface area contributed by atoms with Crippen molar-refractivity contribution in [1.82, 2.24) is 5.32 Å². The van der Waals surface area contributed by atoms with E-state index in [9.17, 15) is 4.79 Å². The van der Waals surface area contributed by atoms with Crippen LogP contribution in [-0.2, 0) is 0 Å². The van der Waals surface area contributed by atoms with Crippen LogP contribution in [0.3, 0.4) is 0 Å². The zero-order chi connectivity index (χ0) is 11.7. The standard InChI is InChI=1S/C11H12Cl2N2O/c1-6-2-5-8(12)10(9(6)13)15-11(16)14-7-3-4-7/h2,5,7H,3-4H2,1H3,(H2,14,15,16). The van der Waals surface area contributed by atoms with Crippen LogP contribution in [0.5, 0.6) is 0 Å². The number of benzene rings is 1. The van der Waals surface area contributed by atoms with Crippen molar-refractivity contribution in [2.75, 3.05) is 5.32 Å². The zero-order valence-corrected chi connectivity index (χ0v) is 10.3. The molecule has 1 aromatic carbocycles. The van der Waals surface area contributed by atoms with E-state index in [0.29, 0.717) is 21.8 Å². The van der Waals surface area contributed by atoms with Gasteiger partial charge in [-0.15, -0.1) is 0 Å². The van der Waals surface area contributed by atoms with Gasteiger partial charge in [-0.3, -0.25) is 0 Å². The molecule has 1 fully saturated rings. The van der Waals surface area contributed by atoms with E-state index in [-0.39, 0.29) is 6.03 Å². The third-order valence-corrected chi connectivity index (χ3v) is 3.24. The largest absolute Gasteiger partial charge is 0.335 e. The van der Waals surface area contributed by atoms with Crippen LogP contribution in [-0.4, -0.2) is 12.1 Å². The molecule has 1 saturated carbocycles. The fourth-order valence-corrected chi connectivity index (χ4v) is 1.80. The summed E-state index contributed by atoms with van der Waals surface area (Å²) in [6.07, 6.45) is 2.09. The molecule has 5 heteroatoms. The molecule has 0 saturated heterocycles. The molecule has 2 N–H and O–H groups in total. The first-order chi connectivity index (χ1) is 7.58. The molecule has 0 aliphatic heterocycles. The van der Waals surface area contributed by atoms with Gasteiger partial charge in [-0.2, -0.15) is 0 Å². The monoisotopic (exact) mass is 258 g/mol. The minimum Gasteiger partial charge on any atom is -0.335 e. The average Bonchev–Trinajstić information content (AvgIpc) is 3.02. The van der Waals surface area contributed by atoms with Gasteiger partial charge in [0.25, 0.3) is 0 Å². The Morgan fingerprint density at radius 3 is 2.69 bits per heavy atom. The number of halogens is 2. The molecule has 1 aliphatic carbocycles. The van der Waals surface area contributed by atoms with E-state index < -0.39 is 0 Å². The first-order valence-corrected chi connectivity index (χ1v) is 5.85. The molecule has 2 rings (SSSR count). The van der Waals surface area contributed by atoms with Crippen LogP contribution >= 0.6 is 23.2 Å². The van der Waals surface area contributed by atoms with Crippen LogP contribution in [0.25, 0.3) is 0 Å². The molecule has 1 aromatic rings. The quantitative estimate of drug-likeness (QED) is 0.837. The minimum atomic E-state index is -0.253. The summed E-state index contributed by atoms with van der Waals surface area (Å²) in [5.41, 5.74) is 1.36. The van der Waals surface area contributed by atoms with Crippen LogP contribution in [0, 0.1) is 6.92 Å². The SMILES string of the molecule is Cc1ccc(Cl)c(NC(=O)NC2CC2)c1Cl. The number of aryl methyl sites for hydroxylation is 1. The molecular weight excluding hydrogens is 247 g/mol. The molecule has 0 atom stereocenters. The first-order valence-electron chi connectivity index (χ1n) is 5.10. The number of carbonyl (C=O) groups is 1. The lowest BCUT2D eigenvalue weighted by Gasteiger charge is -2.11. The Bertz CT molecular complexity index is 430. The van der Waals surface area contributed by atoms with Gasteiger partial charge in [0, 0.05) is 6.04 Å². The third kappa shape index (κ3) is 2.60. The normalized spacial score (nSPS) is 14.7. The van der Waals surface area contributed by atoms with Crippen molar-refractivity contribution in [1.29, 1.82) is 0 Å². The number of amides is 2. The predicted molar refractivity (Wildman–Crippen MR) is 66.4 cm³/mol. The Balaban J connectivity index is 2.12. The van der Waals surface area contributed by atoms with Gasteiger partial charge in [-0.25, -0.2) is 4.79 Å². The van der Waals surface area contributed by atoms with E-state index in [1.54, 1.807) is 6.07 Å². The second-order valence-electron chi connectivity index (χ2n) is 3.93. The Morgan fingerprint density at radius 1 is 1.38 bits per heavy atom. The third-order valence-electron chi connectivity index (χ3n) is 2.44. The van der Waals surface area contributed by atoms with E-state index in [1.165, 1.54) is 0 Å². The van der Waals surface area contributed by atoms with E-state index in [1.807, 2.05) is 13.0 Å². The van der Waals surface area contributed by atoms with Gasteiger partial charge >= 0.3 is 6.03 Å². The number of urea groups is 1. The molecule has 0 radical (unpaired) electrons. The smallest absolute Gasteiger partial charge is 0.319 e. The second kappa shape index (κ2) is 4.52. The highest BCUT2D eigenvalue weighted by molar-refractivity contribution is 6.40. The molecule has 3 nitrogen and oxygen atoms in total. The summed E-state index contributed by atoms with van der Waals surface area (Å²) < 4.78 is 0. The Kier molecular flexibility index (Phi) is 3.26. The van der Waals surface area contributed by atoms with Crippen LogP contribution in [0.2, 0.25) is 10.0 Å². The fourth-order valence-electron chi connectivity index (χ4n) is 1.33. The highest BCUT2D eigenvalue weighted by Gasteiger charge is 2.23. The molecular formula is C11H12Cl2N2O. The molecule has 16 heavy (non-hydrogen) atoms. The molecule has 0 bridgehead atoms. The van der Waals surface area contributed by atoms with Crippen LogP contribution in [0.1, 0.15) is 18.4 Å². The average molecular weight is 259 g/mol. The molecule has 0 aromatic heterocycles. The number of hydrogen-bond acceptors (Lipinski definition) is 1. The van der Waals surface area contributed by atoms with Crippen molar-refractivity contribution < 1.29 is 4.79 Å². The Morgan fingerprint density at radius 2 is 2.06 bits per heavy atom. The summed E-state index contributed by atoms with van der Waals surface area (Å²) in [4.78, 5) is 11.5. The summed E-state index contributed by atoms with van der Waals surface area (Å²) in [5, 5.41) is 6.42. The Labute approximate surface area is 104 Å². The van der Waals surface area contributed by atoms with Gasteiger partial charge in [-0.1, -0.05) is 29.3 Å². The maximum Gasteiger partial charge on any atom is 0.319 e. The molecule has 1 aliphatic rings. The molecule has 86 valence electrons. The van der Waals surface area contributed by atoms with Crippen molar-refractivity contribution in [2.45, 2.75) is 25.8 Å². The number of carbonyl (C=O) groups excluding carboxylic acids is 1. The maximum atomic E-state index is 11.5. The van der Waals surface area contributed by atoms with E-state index in [2.05, 4.69) is 10.6 Å². The number of anilines is 1. The van der Waals surface area contributed by atoms with Gasteiger partial charge < -0.3 is 10.6 Å². The first kappa shape index (κ1) is 11.6. The highest BCUT2D eigenvalue weighted by atomic mass is 35.5. The lowest BCUT2D eigenvalue weighted by Crippen LogP contribution is -2.30. The van der Waals surface area contributed by atoms with Crippen molar-refractivity contribution in [3.05, 3.63) is 27.7 Å². The molecule has 0 heterocycles. The number of rotatable bonds is 2.